The van der Waals surface area contributed by atoms with E-state index in [0.29, 0.717) is 30.4 Å². The second-order valence-electron chi connectivity index (χ2n) is 3.80. The first-order chi connectivity index (χ1) is 8.70. The summed E-state index contributed by atoms with van der Waals surface area (Å²) in [5.74, 6) is 1.26. The van der Waals surface area contributed by atoms with Crippen LogP contribution in [0.3, 0.4) is 0 Å². The molecule has 5 nitrogen and oxygen atoms in total. The summed E-state index contributed by atoms with van der Waals surface area (Å²) in [5.41, 5.74) is 0.683. The molecule has 0 radical (unpaired) electrons. The maximum absolute atomic E-state index is 11.6. The average Bonchev–Trinajstić information content (AvgIpc) is 2.37. The van der Waals surface area contributed by atoms with Crippen molar-refractivity contribution in [3.05, 3.63) is 16.6 Å². The second kappa shape index (κ2) is 6.06. The monoisotopic (exact) mass is 314 g/mol. The zero-order valence-electron chi connectivity index (χ0n) is 10.1. The molecule has 0 saturated heterocycles. The van der Waals surface area contributed by atoms with E-state index in [2.05, 4.69) is 26.6 Å². The van der Waals surface area contributed by atoms with E-state index in [1.165, 1.54) is 0 Å². The molecule has 1 aromatic carbocycles. The molecule has 1 aromatic rings. The van der Waals surface area contributed by atoms with Crippen molar-refractivity contribution in [2.45, 2.75) is 6.92 Å². The van der Waals surface area contributed by atoms with Crippen LogP contribution in [0.15, 0.2) is 16.6 Å². The van der Waals surface area contributed by atoms with Crippen molar-refractivity contribution in [2.75, 3.05) is 31.6 Å². The average molecular weight is 315 g/mol. The molecule has 0 atom stereocenters. The summed E-state index contributed by atoms with van der Waals surface area (Å²) in [4.78, 5) is 11.6. The van der Waals surface area contributed by atoms with Crippen LogP contribution in [0.1, 0.15) is 6.92 Å². The minimum absolute atomic E-state index is 0.0887. The number of ether oxygens (including phenoxy) is 2. The molecule has 0 aromatic heterocycles. The summed E-state index contributed by atoms with van der Waals surface area (Å²) in [6.07, 6.45) is 0. The first kappa shape index (κ1) is 13.2. The molecule has 2 N–H and O–H groups in total. The van der Waals surface area contributed by atoms with Gasteiger partial charge in [-0.05, 0) is 22.5 Å². The van der Waals surface area contributed by atoms with Gasteiger partial charge in [0, 0.05) is 16.6 Å². The molecule has 0 bridgehead atoms. The van der Waals surface area contributed by atoms with Crippen LogP contribution in [0.5, 0.6) is 11.5 Å². The van der Waals surface area contributed by atoms with Crippen LogP contribution >= 0.6 is 15.9 Å². The standard InChI is InChI=1S/C12H15BrN2O3/c1-2-14-7-12(16)15-9-6-11-10(5-8(9)13)17-3-4-18-11/h5-6,14H,2-4,7H2,1H3,(H,15,16). The first-order valence-corrected chi connectivity index (χ1v) is 6.59. The molecule has 0 saturated carbocycles. The highest BCUT2D eigenvalue weighted by Crippen LogP contribution is 2.37. The minimum Gasteiger partial charge on any atom is -0.486 e. The molecule has 0 spiro atoms. The van der Waals surface area contributed by atoms with Crippen molar-refractivity contribution in [2.24, 2.45) is 0 Å². The molecule has 0 aliphatic carbocycles. The first-order valence-electron chi connectivity index (χ1n) is 5.80. The van der Waals surface area contributed by atoms with Crippen LogP contribution in [-0.4, -0.2) is 32.2 Å². The highest BCUT2D eigenvalue weighted by Gasteiger charge is 2.15. The fourth-order valence-corrected chi connectivity index (χ4v) is 2.01. The highest BCUT2D eigenvalue weighted by atomic mass is 79.9. The summed E-state index contributed by atoms with van der Waals surface area (Å²) in [5, 5.41) is 5.78. The number of likely N-dealkylation sites (N-methyl/N-ethyl adjacent to an activating group) is 1. The molecular formula is C12H15BrN2O3. The largest absolute Gasteiger partial charge is 0.486 e. The Morgan fingerprint density at radius 3 is 2.67 bits per heavy atom. The number of hydrogen-bond donors (Lipinski definition) is 2. The van der Waals surface area contributed by atoms with E-state index in [-0.39, 0.29) is 12.5 Å². The molecule has 1 aliphatic rings. The lowest BCUT2D eigenvalue weighted by Gasteiger charge is -2.20. The number of carbonyl (C=O) groups excluding carboxylic acids is 1. The fraction of sp³-hybridized carbons (Fsp3) is 0.417. The molecule has 18 heavy (non-hydrogen) atoms. The van der Waals surface area contributed by atoms with Crippen molar-refractivity contribution in [1.82, 2.24) is 5.32 Å². The Hall–Kier alpha value is -1.27. The SMILES string of the molecule is CCNCC(=O)Nc1cc2c(cc1Br)OCCO2. The number of carbonyl (C=O) groups is 1. The van der Waals surface area contributed by atoms with Gasteiger partial charge in [0.25, 0.3) is 0 Å². The third-order valence-electron chi connectivity index (χ3n) is 2.44. The molecule has 0 unspecified atom stereocenters. The van der Waals surface area contributed by atoms with Gasteiger partial charge in [0.05, 0.1) is 12.2 Å². The Labute approximate surface area is 114 Å². The summed E-state index contributed by atoms with van der Waals surface area (Å²) < 4.78 is 11.7. The van der Waals surface area contributed by atoms with Crippen LogP contribution in [0.2, 0.25) is 0 Å². The summed E-state index contributed by atoms with van der Waals surface area (Å²) in [6, 6.07) is 3.57. The smallest absolute Gasteiger partial charge is 0.238 e. The van der Waals surface area contributed by atoms with E-state index < -0.39 is 0 Å². The van der Waals surface area contributed by atoms with Gasteiger partial charge in [-0.1, -0.05) is 6.92 Å². The molecule has 0 fully saturated rings. The maximum Gasteiger partial charge on any atom is 0.238 e. The van der Waals surface area contributed by atoms with Crippen LogP contribution in [-0.2, 0) is 4.79 Å². The predicted octanol–water partition coefficient (Wildman–Crippen LogP) is 1.77. The Morgan fingerprint density at radius 2 is 2.00 bits per heavy atom. The molecule has 1 heterocycles. The number of rotatable bonds is 4. The molecular weight excluding hydrogens is 300 g/mol. The van der Waals surface area contributed by atoms with E-state index in [1.807, 2.05) is 6.92 Å². The van der Waals surface area contributed by atoms with Gasteiger partial charge >= 0.3 is 0 Å². The van der Waals surface area contributed by atoms with Gasteiger partial charge in [-0.2, -0.15) is 0 Å². The lowest BCUT2D eigenvalue weighted by Crippen LogP contribution is -2.28. The Kier molecular flexibility index (Phi) is 4.43. The van der Waals surface area contributed by atoms with Gasteiger partial charge in [-0.15, -0.1) is 0 Å². The van der Waals surface area contributed by atoms with Crippen molar-refractivity contribution in [3.63, 3.8) is 0 Å². The normalized spacial score (nSPS) is 13.2. The number of amides is 1. The molecule has 1 aliphatic heterocycles. The van der Waals surface area contributed by atoms with E-state index in [0.717, 1.165) is 11.0 Å². The predicted molar refractivity (Wildman–Crippen MR) is 72.3 cm³/mol. The number of hydrogen-bond acceptors (Lipinski definition) is 4. The Morgan fingerprint density at radius 1 is 1.33 bits per heavy atom. The third kappa shape index (κ3) is 3.14. The Bertz CT molecular complexity index is 451. The van der Waals surface area contributed by atoms with Gasteiger partial charge in [0.1, 0.15) is 13.2 Å². The van der Waals surface area contributed by atoms with Gasteiger partial charge < -0.3 is 20.1 Å². The summed E-state index contributed by atoms with van der Waals surface area (Å²) in [7, 11) is 0. The third-order valence-corrected chi connectivity index (χ3v) is 3.10. The summed E-state index contributed by atoms with van der Waals surface area (Å²) in [6.45, 7) is 4.07. The molecule has 1 amide bonds. The van der Waals surface area contributed by atoms with Gasteiger partial charge in [-0.3, -0.25) is 4.79 Å². The van der Waals surface area contributed by atoms with Crippen molar-refractivity contribution >= 4 is 27.5 Å². The quantitative estimate of drug-likeness (QED) is 0.889. The van der Waals surface area contributed by atoms with E-state index >= 15 is 0 Å². The second-order valence-corrected chi connectivity index (χ2v) is 4.66. The molecule has 6 heteroatoms. The topological polar surface area (TPSA) is 59.6 Å². The van der Waals surface area contributed by atoms with Crippen LogP contribution in [0.4, 0.5) is 5.69 Å². The number of nitrogens with one attached hydrogen (secondary N) is 2. The molecule has 2 rings (SSSR count). The highest BCUT2D eigenvalue weighted by molar-refractivity contribution is 9.10. The van der Waals surface area contributed by atoms with Crippen LogP contribution in [0.25, 0.3) is 0 Å². The lowest BCUT2D eigenvalue weighted by molar-refractivity contribution is -0.115. The number of benzene rings is 1. The van der Waals surface area contributed by atoms with Crippen LogP contribution < -0.4 is 20.1 Å². The minimum atomic E-state index is -0.0887. The van der Waals surface area contributed by atoms with Crippen molar-refractivity contribution in [3.8, 4) is 11.5 Å². The zero-order valence-corrected chi connectivity index (χ0v) is 11.7. The van der Waals surface area contributed by atoms with E-state index in [4.69, 9.17) is 9.47 Å². The maximum atomic E-state index is 11.6. The van der Waals surface area contributed by atoms with Crippen molar-refractivity contribution < 1.29 is 14.3 Å². The van der Waals surface area contributed by atoms with Gasteiger partial charge in [-0.25, -0.2) is 0 Å². The number of fused-ring (bicyclic) bond motifs is 1. The van der Waals surface area contributed by atoms with E-state index in [9.17, 15) is 4.79 Å². The molecule has 98 valence electrons. The van der Waals surface area contributed by atoms with E-state index in [1.54, 1.807) is 12.1 Å². The van der Waals surface area contributed by atoms with Crippen molar-refractivity contribution in [1.29, 1.82) is 0 Å². The summed E-state index contributed by atoms with van der Waals surface area (Å²) >= 11 is 3.40. The zero-order chi connectivity index (χ0) is 13.0. The van der Waals surface area contributed by atoms with Gasteiger partial charge in [0.2, 0.25) is 5.91 Å². The fourth-order valence-electron chi connectivity index (χ4n) is 1.59. The number of halogens is 1. The van der Waals surface area contributed by atoms with Gasteiger partial charge in [0.15, 0.2) is 11.5 Å². The van der Waals surface area contributed by atoms with Crippen LogP contribution in [0, 0.1) is 0 Å². The Balaban J connectivity index is 2.10. The number of anilines is 1. The lowest BCUT2D eigenvalue weighted by atomic mass is 10.2.